The fraction of sp³-hybridized carbons (Fsp3) is 0.333. The van der Waals surface area contributed by atoms with Gasteiger partial charge in [0, 0.05) is 0 Å². The van der Waals surface area contributed by atoms with E-state index >= 15 is 0 Å². The third-order valence-corrected chi connectivity index (χ3v) is 3.89. The Morgan fingerprint density at radius 1 is 0.857 bits per heavy atom. The molecule has 1 fully saturated rings. The Hall–Kier alpha value is -1.84. The zero-order valence-corrected chi connectivity index (χ0v) is 12.3. The first-order valence-electron chi connectivity index (χ1n) is 7.61. The van der Waals surface area contributed by atoms with Crippen LogP contribution in [0.3, 0.4) is 0 Å². The molecular weight excluding hydrogens is 262 g/mol. The fourth-order valence-electron chi connectivity index (χ4n) is 2.60. The van der Waals surface area contributed by atoms with Crippen molar-refractivity contribution in [2.75, 3.05) is 39.5 Å². The van der Waals surface area contributed by atoms with Gasteiger partial charge < -0.3 is 14.4 Å². The molecule has 21 heavy (non-hydrogen) atoms. The molecule has 0 aliphatic carbocycles. The number of benzene rings is 2. The van der Waals surface area contributed by atoms with Crippen LogP contribution in [0.2, 0.25) is 0 Å². The standard InChI is InChI=1S/C18H21NO2/c1-2-4-16(5-3-1)17-6-8-18(9-7-17)21-15-12-19-10-13-20-14-11-19/h1-9H,10-15H2/p+1. The Bertz CT molecular complexity index is 533. The van der Waals surface area contributed by atoms with E-state index in [9.17, 15) is 0 Å². The highest BCUT2D eigenvalue weighted by molar-refractivity contribution is 5.63. The van der Waals surface area contributed by atoms with Gasteiger partial charge >= 0.3 is 0 Å². The Morgan fingerprint density at radius 2 is 1.52 bits per heavy atom. The van der Waals surface area contributed by atoms with Crippen LogP contribution < -0.4 is 9.64 Å². The third kappa shape index (κ3) is 4.06. The average molecular weight is 284 g/mol. The van der Waals surface area contributed by atoms with Gasteiger partial charge in [0.05, 0.1) is 13.2 Å². The summed E-state index contributed by atoms with van der Waals surface area (Å²) in [4.78, 5) is 1.57. The number of hydrogen-bond acceptors (Lipinski definition) is 2. The molecular formula is C18H22NO2+. The van der Waals surface area contributed by atoms with Gasteiger partial charge in [0.15, 0.2) is 0 Å². The summed E-state index contributed by atoms with van der Waals surface area (Å²) in [6, 6.07) is 18.7. The molecule has 1 aliphatic heterocycles. The molecule has 3 nitrogen and oxygen atoms in total. The first-order chi connectivity index (χ1) is 10.4. The Kier molecular flexibility index (Phi) is 4.87. The number of nitrogens with one attached hydrogen (secondary N) is 1. The van der Waals surface area contributed by atoms with Crippen LogP contribution in [0.1, 0.15) is 0 Å². The van der Waals surface area contributed by atoms with Crippen LogP contribution in [0.4, 0.5) is 0 Å². The summed E-state index contributed by atoms with van der Waals surface area (Å²) in [5.41, 5.74) is 2.46. The lowest BCUT2D eigenvalue weighted by Crippen LogP contribution is -3.14. The van der Waals surface area contributed by atoms with E-state index in [1.807, 2.05) is 6.07 Å². The minimum Gasteiger partial charge on any atom is -0.488 e. The molecule has 3 heteroatoms. The molecule has 1 saturated heterocycles. The van der Waals surface area contributed by atoms with Gasteiger partial charge in [-0.1, -0.05) is 42.5 Å². The first kappa shape index (κ1) is 14.1. The highest BCUT2D eigenvalue weighted by atomic mass is 16.5. The molecule has 0 saturated carbocycles. The van der Waals surface area contributed by atoms with Gasteiger partial charge in [-0.15, -0.1) is 0 Å². The van der Waals surface area contributed by atoms with Crippen molar-refractivity contribution in [1.29, 1.82) is 0 Å². The predicted octanol–water partition coefficient (Wildman–Crippen LogP) is 1.65. The highest BCUT2D eigenvalue weighted by Gasteiger charge is 2.13. The van der Waals surface area contributed by atoms with Crippen molar-refractivity contribution >= 4 is 0 Å². The lowest BCUT2D eigenvalue weighted by molar-refractivity contribution is -0.908. The Morgan fingerprint density at radius 3 is 2.24 bits per heavy atom. The average Bonchev–Trinajstić information content (AvgIpc) is 2.57. The van der Waals surface area contributed by atoms with Gasteiger partial charge in [-0.05, 0) is 23.3 Å². The number of ether oxygens (including phenoxy) is 2. The van der Waals surface area contributed by atoms with Crippen molar-refractivity contribution in [3.63, 3.8) is 0 Å². The summed E-state index contributed by atoms with van der Waals surface area (Å²) in [6.07, 6.45) is 0. The van der Waals surface area contributed by atoms with Crippen molar-refractivity contribution in [2.45, 2.75) is 0 Å². The predicted molar refractivity (Wildman–Crippen MR) is 83.8 cm³/mol. The van der Waals surface area contributed by atoms with E-state index in [-0.39, 0.29) is 0 Å². The molecule has 3 rings (SSSR count). The van der Waals surface area contributed by atoms with E-state index in [2.05, 4.69) is 48.5 Å². The monoisotopic (exact) mass is 284 g/mol. The smallest absolute Gasteiger partial charge is 0.137 e. The van der Waals surface area contributed by atoms with Crippen molar-refractivity contribution in [1.82, 2.24) is 0 Å². The zero-order valence-electron chi connectivity index (χ0n) is 12.3. The van der Waals surface area contributed by atoms with Crippen LogP contribution >= 0.6 is 0 Å². The first-order valence-corrected chi connectivity index (χ1v) is 7.61. The van der Waals surface area contributed by atoms with Crippen molar-refractivity contribution in [2.24, 2.45) is 0 Å². The molecule has 0 aromatic heterocycles. The van der Waals surface area contributed by atoms with Crippen LogP contribution in [-0.4, -0.2) is 39.5 Å². The number of hydrogen-bond donors (Lipinski definition) is 1. The Balaban J connectivity index is 1.50. The second-order valence-electron chi connectivity index (χ2n) is 5.35. The SMILES string of the molecule is c1ccc(-c2ccc(OCC[NH+]3CCOCC3)cc2)cc1. The van der Waals surface area contributed by atoms with E-state index in [0.29, 0.717) is 0 Å². The van der Waals surface area contributed by atoms with E-state index in [4.69, 9.17) is 9.47 Å². The van der Waals surface area contributed by atoms with E-state index in [0.717, 1.165) is 45.2 Å². The summed E-state index contributed by atoms with van der Waals surface area (Å²) in [7, 11) is 0. The number of rotatable bonds is 5. The molecule has 1 aliphatic rings. The van der Waals surface area contributed by atoms with Gasteiger partial charge in [-0.2, -0.15) is 0 Å². The minimum atomic E-state index is 0.764. The maximum Gasteiger partial charge on any atom is 0.137 e. The third-order valence-electron chi connectivity index (χ3n) is 3.89. The molecule has 0 spiro atoms. The molecule has 1 N–H and O–H groups in total. The molecule has 110 valence electrons. The van der Waals surface area contributed by atoms with Crippen molar-refractivity contribution in [3.8, 4) is 16.9 Å². The summed E-state index contributed by atoms with van der Waals surface area (Å²) in [5.74, 6) is 0.947. The summed E-state index contributed by atoms with van der Waals surface area (Å²) in [6.45, 7) is 5.75. The van der Waals surface area contributed by atoms with Crippen LogP contribution in [-0.2, 0) is 4.74 Å². The van der Waals surface area contributed by atoms with Crippen molar-refractivity contribution < 1.29 is 14.4 Å². The van der Waals surface area contributed by atoms with Crippen LogP contribution in [0, 0.1) is 0 Å². The minimum absolute atomic E-state index is 0.764. The lowest BCUT2D eigenvalue weighted by Gasteiger charge is -2.23. The molecule has 0 unspecified atom stereocenters. The molecule has 0 radical (unpaired) electrons. The molecule has 2 aromatic carbocycles. The Labute approximate surface area is 126 Å². The van der Waals surface area contributed by atoms with Gasteiger partial charge in [-0.3, -0.25) is 0 Å². The van der Waals surface area contributed by atoms with E-state index in [1.54, 1.807) is 4.90 Å². The summed E-state index contributed by atoms with van der Waals surface area (Å²) < 4.78 is 11.2. The second kappa shape index (κ2) is 7.25. The van der Waals surface area contributed by atoms with Crippen molar-refractivity contribution in [3.05, 3.63) is 54.6 Å². The topological polar surface area (TPSA) is 22.9 Å². The summed E-state index contributed by atoms with van der Waals surface area (Å²) >= 11 is 0. The van der Waals surface area contributed by atoms with Crippen LogP contribution in [0.25, 0.3) is 11.1 Å². The lowest BCUT2D eigenvalue weighted by atomic mass is 10.1. The molecule has 1 heterocycles. The van der Waals surface area contributed by atoms with Gasteiger partial charge in [0.1, 0.15) is 32.0 Å². The van der Waals surface area contributed by atoms with Gasteiger partial charge in [0.25, 0.3) is 0 Å². The quantitative estimate of drug-likeness (QED) is 0.902. The maximum absolute atomic E-state index is 5.84. The number of quaternary nitrogens is 1. The normalized spacial score (nSPS) is 15.8. The second-order valence-corrected chi connectivity index (χ2v) is 5.35. The van der Waals surface area contributed by atoms with Gasteiger partial charge in [0.2, 0.25) is 0 Å². The summed E-state index contributed by atoms with van der Waals surface area (Å²) in [5, 5.41) is 0. The molecule has 0 atom stereocenters. The largest absolute Gasteiger partial charge is 0.488 e. The van der Waals surface area contributed by atoms with Crippen LogP contribution in [0.5, 0.6) is 5.75 Å². The molecule has 2 aromatic rings. The fourth-order valence-corrected chi connectivity index (χ4v) is 2.60. The molecule has 0 amide bonds. The number of morpholine rings is 1. The van der Waals surface area contributed by atoms with E-state index < -0.39 is 0 Å². The molecule has 0 bridgehead atoms. The maximum atomic E-state index is 5.84. The highest BCUT2D eigenvalue weighted by Crippen LogP contribution is 2.21. The van der Waals surface area contributed by atoms with E-state index in [1.165, 1.54) is 11.1 Å². The zero-order chi connectivity index (χ0) is 14.3. The van der Waals surface area contributed by atoms with Gasteiger partial charge in [-0.25, -0.2) is 0 Å². The van der Waals surface area contributed by atoms with Crippen LogP contribution in [0.15, 0.2) is 54.6 Å².